The van der Waals surface area contributed by atoms with Gasteiger partial charge in [0.1, 0.15) is 6.04 Å². The maximum atomic E-state index is 13.2. The molecule has 3 amide bonds. The van der Waals surface area contributed by atoms with Crippen molar-refractivity contribution < 1.29 is 14.4 Å². The summed E-state index contributed by atoms with van der Waals surface area (Å²) in [5.41, 5.74) is 0.321. The summed E-state index contributed by atoms with van der Waals surface area (Å²) in [5.74, 6) is 5.21. The SMILES string of the molecule is CNC(=O)c1cc2c(s1)CCc1sc(C(=O)NC)cc1C2(C[C@H](C)NCC(=O)N1C(C#N)C[C@@H]2C[C@@H]21)C(=N)N=NN. The number of carbonyl (C=O) groups excluding carboxylic acids is 3. The Hall–Kier alpha value is -3.67. The van der Waals surface area contributed by atoms with Gasteiger partial charge in [-0.15, -0.1) is 27.8 Å². The van der Waals surface area contributed by atoms with Crippen molar-refractivity contribution in [2.45, 2.75) is 62.6 Å². The normalized spacial score (nSPS) is 22.6. The van der Waals surface area contributed by atoms with E-state index in [2.05, 4.69) is 32.4 Å². The minimum absolute atomic E-state index is 0.0460. The molecule has 1 saturated heterocycles. The van der Waals surface area contributed by atoms with E-state index in [0.717, 1.165) is 33.7 Å². The Labute approximate surface area is 245 Å². The van der Waals surface area contributed by atoms with Crippen LogP contribution in [0.2, 0.25) is 0 Å². The molecule has 2 aromatic heterocycles. The van der Waals surface area contributed by atoms with Crippen LogP contribution in [0.25, 0.3) is 0 Å². The molecule has 4 atom stereocenters. The summed E-state index contributed by atoms with van der Waals surface area (Å²) in [6.07, 6.45) is 3.22. The Morgan fingerprint density at radius 3 is 2.24 bits per heavy atom. The second-order valence-corrected chi connectivity index (χ2v) is 13.0. The first-order valence-electron chi connectivity index (χ1n) is 13.5. The molecular formula is C27H33N9O3S2. The van der Waals surface area contributed by atoms with E-state index in [1.54, 1.807) is 31.1 Å². The monoisotopic (exact) mass is 595 g/mol. The highest BCUT2D eigenvalue weighted by molar-refractivity contribution is 7.15. The van der Waals surface area contributed by atoms with Gasteiger partial charge in [0.15, 0.2) is 5.84 Å². The number of nitrogens with two attached hydrogens (primary N) is 1. The van der Waals surface area contributed by atoms with Crippen LogP contribution in [-0.2, 0) is 23.1 Å². The minimum Gasteiger partial charge on any atom is -0.354 e. The Balaban J connectivity index is 1.54. The Morgan fingerprint density at radius 2 is 1.73 bits per heavy atom. The molecule has 1 aliphatic heterocycles. The number of carbonyl (C=O) groups is 3. The average Bonchev–Trinajstić information content (AvgIpc) is 3.30. The van der Waals surface area contributed by atoms with Gasteiger partial charge in [-0.05, 0) is 68.2 Å². The molecule has 0 bridgehead atoms. The zero-order valence-corrected chi connectivity index (χ0v) is 24.7. The van der Waals surface area contributed by atoms with Gasteiger partial charge in [0, 0.05) is 35.9 Å². The molecule has 0 radical (unpaired) electrons. The zero-order chi connectivity index (χ0) is 29.5. The molecule has 1 saturated carbocycles. The highest BCUT2D eigenvalue weighted by atomic mass is 32.1. The molecule has 0 spiro atoms. The number of aryl methyl sites for hydroxylation is 2. The average molecular weight is 596 g/mol. The number of likely N-dealkylation sites (tertiary alicyclic amines) is 1. The summed E-state index contributed by atoms with van der Waals surface area (Å²) in [6, 6.07) is 5.33. The summed E-state index contributed by atoms with van der Waals surface area (Å²) in [4.78, 5) is 43.1. The lowest BCUT2D eigenvalue weighted by atomic mass is 9.70. The predicted octanol–water partition coefficient (Wildman–Crippen LogP) is 2.10. The molecule has 41 heavy (non-hydrogen) atoms. The van der Waals surface area contributed by atoms with Crippen LogP contribution in [-0.4, -0.2) is 67.2 Å². The van der Waals surface area contributed by atoms with Gasteiger partial charge in [-0.25, -0.2) is 0 Å². The first kappa shape index (κ1) is 28.8. The summed E-state index contributed by atoms with van der Waals surface area (Å²) in [6.45, 7) is 1.97. The molecule has 1 unspecified atom stereocenters. The maximum absolute atomic E-state index is 13.2. The number of hydrogen-bond acceptors (Lipinski definition) is 9. The van der Waals surface area contributed by atoms with Crippen molar-refractivity contribution in [3.05, 3.63) is 42.8 Å². The van der Waals surface area contributed by atoms with Gasteiger partial charge in [-0.3, -0.25) is 19.8 Å². The van der Waals surface area contributed by atoms with Crippen LogP contribution in [0.4, 0.5) is 0 Å². The Kier molecular flexibility index (Phi) is 7.95. The fraction of sp³-hybridized carbons (Fsp3) is 0.519. The van der Waals surface area contributed by atoms with E-state index >= 15 is 0 Å². The van der Waals surface area contributed by atoms with Crippen LogP contribution in [0.5, 0.6) is 0 Å². The highest BCUT2D eigenvalue weighted by Crippen LogP contribution is 2.50. The quantitative estimate of drug-likeness (QED) is 0.102. The molecule has 12 nitrogen and oxygen atoms in total. The first-order valence-corrected chi connectivity index (χ1v) is 15.2. The minimum atomic E-state index is -1.19. The van der Waals surface area contributed by atoms with Crippen LogP contribution in [0.1, 0.15) is 66.4 Å². The van der Waals surface area contributed by atoms with Crippen molar-refractivity contribution in [2.75, 3.05) is 20.6 Å². The van der Waals surface area contributed by atoms with Gasteiger partial charge in [-0.1, -0.05) is 5.22 Å². The van der Waals surface area contributed by atoms with Gasteiger partial charge in [0.25, 0.3) is 11.8 Å². The lowest BCUT2D eigenvalue weighted by Crippen LogP contribution is -2.47. The van der Waals surface area contributed by atoms with E-state index in [0.29, 0.717) is 34.9 Å². The van der Waals surface area contributed by atoms with Gasteiger partial charge in [0.2, 0.25) is 5.91 Å². The van der Waals surface area contributed by atoms with Crippen LogP contribution in [0, 0.1) is 22.7 Å². The van der Waals surface area contributed by atoms with Gasteiger partial charge >= 0.3 is 0 Å². The van der Waals surface area contributed by atoms with Crippen molar-refractivity contribution in [1.29, 1.82) is 10.7 Å². The Morgan fingerprint density at radius 1 is 1.15 bits per heavy atom. The smallest absolute Gasteiger partial charge is 0.261 e. The van der Waals surface area contributed by atoms with E-state index in [-0.39, 0.29) is 48.2 Å². The van der Waals surface area contributed by atoms with Crippen molar-refractivity contribution in [3.63, 3.8) is 0 Å². The van der Waals surface area contributed by atoms with Gasteiger partial charge in [-0.2, -0.15) is 5.26 Å². The van der Waals surface area contributed by atoms with E-state index in [4.69, 9.17) is 5.84 Å². The molecule has 3 heterocycles. The number of hydrogen-bond donors (Lipinski definition) is 5. The first-order chi connectivity index (χ1) is 19.7. The van der Waals surface area contributed by atoms with Crippen molar-refractivity contribution in [2.24, 2.45) is 22.1 Å². The fourth-order valence-electron chi connectivity index (χ4n) is 6.32. The molecule has 2 aliphatic carbocycles. The third kappa shape index (κ3) is 5.02. The van der Waals surface area contributed by atoms with E-state index < -0.39 is 5.41 Å². The highest BCUT2D eigenvalue weighted by Gasteiger charge is 2.54. The van der Waals surface area contributed by atoms with E-state index in [1.165, 1.54) is 22.7 Å². The number of nitriles is 1. The molecule has 2 aromatic rings. The second kappa shape index (κ2) is 11.3. The van der Waals surface area contributed by atoms with Gasteiger partial charge in [0.05, 0.1) is 27.8 Å². The number of nitrogens with one attached hydrogen (secondary N) is 4. The van der Waals surface area contributed by atoms with Crippen LogP contribution in [0.15, 0.2) is 22.5 Å². The maximum Gasteiger partial charge on any atom is 0.261 e. The topological polar surface area (TPSA) is 189 Å². The molecule has 216 valence electrons. The zero-order valence-electron chi connectivity index (χ0n) is 23.1. The molecule has 2 fully saturated rings. The summed E-state index contributed by atoms with van der Waals surface area (Å²) < 4.78 is 0. The standard InChI is InChI=1S/C27H33N9O3S2/c1-13(33-12-23(37)36-15(11-28)6-14-7-18(14)36)10-27(26(29)34-35-30)16-8-21(24(38)31-2)40-19(16)4-5-20-17(27)9-22(41-20)25(39)32-3/h8-9,13-15,18,33H,4-7,10,12H2,1-3H3,(H,31,38)(H,32,39)(H3,29,30,34)/t13-,14+,15?,18-/m0/s1. The summed E-state index contributed by atoms with van der Waals surface area (Å²) in [7, 11) is 3.14. The van der Waals surface area contributed by atoms with Gasteiger partial charge < -0.3 is 26.7 Å². The van der Waals surface area contributed by atoms with Crippen LogP contribution < -0.4 is 21.8 Å². The molecule has 3 aliphatic rings. The fourth-order valence-corrected chi connectivity index (χ4v) is 8.69. The number of amides is 3. The van der Waals surface area contributed by atoms with Crippen LogP contribution in [0.3, 0.4) is 0 Å². The molecular weight excluding hydrogens is 562 g/mol. The molecule has 5 rings (SSSR count). The van der Waals surface area contributed by atoms with Crippen molar-refractivity contribution >= 4 is 46.2 Å². The number of nitrogens with zero attached hydrogens (tertiary/aromatic N) is 4. The number of fused-ring (bicyclic) bond motifs is 3. The summed E-state index contributed by atoms with van der Waals surface area (Å²) >= 11 is 2.76. The number of amidine groups is 1. The molecule has 6 N–H and O–H groups in total. The lowest BCUT2D eigenvalue weighted by molar-refractivity contribution is -0.131. The predicted molar refractivity (Wildman–Crippen MR) is 155 cm³/mol. The van der Waals surface area contributed by atoms with Crippen molar-refractivity contribution in [3.8, 4) is 6.07 Å². The lowest BCUT2D eigenvalue weighted by Gasteiger charge is -2.35. The number of piperidine rings is 1. The second-order valence-electron chi connectivity index (χ2n) is 10.8. The van der Waals surface area contributed by atoms with E-state index in [9.17, 15) is 25.1 Å². The third-order valence-corrected chi connectivity index (χ3v) is 10.7. The van der Waals surface area contributed by atoms with Crippen molar-refractivity contribution in [1.82, 2.24) is 20.9 Å². The summed E-state index contributed by atoms with van der Waals surface area (Å²) in [5, 5.41) is 34.8. The molecule has 14 heteroatoms. The number of thiophene rings is 2. The molecule has 0 aromatic carbocycles. The Bertz CT molecular complexity index is 1410. The number of rotatable bonds is 8. The van der Waals surface area contributed by atoms with E-state index in [1.807, 2.05) is 6.92 Å². The largest absolute Gasteiger partial charge is 0.354 e. The van der Waals surface area contributed by atoms with Crippen LogP contribution >= 0.6 is 22.7 Å². The third-order valence-electron chi connectivity index (χ3n) is 8.34.